The largest absolute Gasteiger partial charge is 0.457 e. The molecule has 0 heterocycles. The number of hydrogen-bond donors (Lipinski definition) is 0. The molecule has 0 unspecified atom stereocenters. The molecule has 7 nitrogen and oxygen atoms in total. The topological polar surface area (TPSA) is 95.7 Å². The molecule has 0 saturated heterocycles. The molecular weight excluding hydrogens is 369 g/mol. The number of carbonyl (C=O) groups excluding carboxylic acids is 2. The third kappa shape index (κ3) is 5.59. The van der Waals surface area contributed by atoms with Crippen molar-refractivity contribution < 1.29 is 23.8 Å². The lowest BCUT2D eigenvalue weighted by Gasteiger charge is -2.15. The first-order chi connectivity index (χ1) is 13.0. The zero-order chi connectivity index (χ0) is 19.8. The van der Waals surface area contributed by atoms with Gasteiger partial charge in [-0.25, -0.2) is 9.59 Å². The third-order valence-corrected chi connectivity index (χ3v) is 5.64. The predicted octanol–water partition coefficient (Wildman–Crippen LogP) is 4.55. The molecule has 8 heteroatoms. The van der Waals surface area contributed by atoms with Crippen LogP contribution < -0.4 is 0 Å². The van der Waals surface area contributed by atoms with E-state index in [2.05, 4.69) is 0 Å². The number of esters is 1. The first-order valence-electron chi connectivity index (χ1n) is 8.43. The molecule has 0 atom stereocenters. The molecule has 142 valence electrons. The molecule has 0 radical (unpaired) electrons. The Morgan fingerprint density at radius 1 is 0.963 bits per heavy atom. The molecule has 2 rings (SSSR count). The fraction of sp³-hybridized carbons (Fsp3) is 0.263. The van der Waals surface area contributed by atoms with Crippen LogP contribution in [0.2, 0.25) is 0 Å². The van der Waals surface area contributed by atoms with Crippen molar-refractivity contribution in [3.8, 4) is 0 Å². The van der Waals surface area contributed by atoms with E-state index in [4.69, 9.17) is 9.26 Å². The molecule has 2 aromatic carbocycles. The summed E-state index contributed by atoms with van der Waals surface area (Å²) in [5.41, 5.74) is 0.864. The zero-order valence-electron chi connectivity index (χ0n) is 15.1. The highest BCUT2D eigenvalue weighted by Crippen LogP contribution is 2.36. The number of nitrogens with zero attached hydrogens (tertiary/aromatic N) is 1. The maximum Gasteiger partial charge on any atom is 0.341 e. The number of carbonyl (C=O) groups is 2. The molecule has 0 bridgehead atoms. The molecule has 27 heavy (non-hydrogen) atoms. The number of nitro benzene ring substituents is 1. The lowest BCUT2D eigenvalue weighted by atomic mass is 10.1. The van der Waals surface area contributed by atoms with E-state index >= 15 is 0 Å². The fourth-order valence-corrected chi connectivity index (χ4v) is 3.34. The second-order valence-electron chi connectivity index (χ2n) is 5.54. The fourth-order valence-electron chi connectivity index (χ4n) is 2.30. The van der Waals surface area contributed by atoms with Crippen molar-refractivity contribution in [3.63, 3.8) is 0 Å². The Labute approximate surface area is 158 Å². The van der Waals surface area contributed by atoms with Gasteiger partial charge in [0.25, 0.3) is 5.69 Å². The minimum atomic E-state index is -0.860. The highest BCUT2D eigenvalue weighted by atomic mass is 31.1. The van der Waals surface area contributed by atoms with Crippen molar-refractivity contribution in [1.82, 2.24) is 0 Å². The number of rotatable bonds is 8. The summed E-state index contributed by atoms with van der Waals surface area (Å²) >= 11 is 0. The van der Waals surface area contributed by atoms with Crippen molar-refractivity contribution in [1.29, 1.82) is 0 Å². The van der Waals surface area contributed by atoms with E-state index in [0.29, 0.717) is 5.56 Å². The number of ether oxygens (including phenoxy) is 1. The van der Waals surface area contributed by atoms with Gasteiger partial charge >= 0.3 is 11.9 Å². The lowest BCUT2D eigenvalue weighted by Crippen LogP contribution is -2.13. The van der Waals surface area contributed by atoms with Gasteiger partial charge in [-0.05, 0) is 29.8 Å². The molecule has 0 aromatic heterocycles. The molecule has 0 N–H and O–H groups in total. The third-order valence-electron chi connectivity index (χ3n) is 3.80. The molecule has 0 fully saturated rings. The van der Waals surface area contributed by atoms with Crippen molar-refractivity contribution >= 4 is 25.8 Å². The van der Waals surface area contributed by atoms with E-state index in [1.54, 1.807) is 12.1 Å². The van der Waals surface area contributed by atoms with Crippen molar-refractivity contribution in [2.24, 2.45) is 0 Å². The van der Waals surface area contributed by atoms with E-state index in [1.165, 1.54) is 36.4 Å². The van der Waals surface area contributed by atoms with Crippen LogP contribution >= 0.6 is 8.15 Å². The van der Waals surface area contributed by atoms with Gasteiger partial charge < -0.3 is 9.26 Å². The normalized spacial score (nSPS) is 10.5. The first-order valence-corrected chi connectivity index (χ1v) is 10.1. The maximum absolute atomic E-state index is 12.4. The van der Waals surface area contributed by atoms with Gasteiger partial charge in [0.15, 0.2) is 0 Å². The molecule has 0 aliphatic carbocycles. The molecule has 0 aliphatic heterocycles. The summed E-state index contributed by atoms with van der Waals surface area (Å²) < 4.78 is 10.7. The molecule has 0 amide bonds. The number of nitro groups is 1. The van der Waals surface area contributed by atoms with Gasteiger partial charge in [0.05, 0.1) is 24.2 Å². The summed E-state index contributed by atoms with van der Waals surface area (Å²) in [5.74, 6) is -1.19. The average molecular weight is 389 g/mol. The molecule has 0 spiro atoms. The van der Waals surface area contributed by atoms with E-state index in [-0.39, 0.29) is 23.4 Å². The minimum absolute atomic E-state index is 0.0403. The number of non-ortho nitro benzene ring substituents is 1. The Hall–Kier alpha value is -2.79. The molecular formula is C19H20NO6P. The summed E-state index contributed by atoms with van der Waals surface area (Å²) in [5, 5.41) is 10.7. The molecule has 0 saturated carbocycles. The minimum Gasteiger partial charge on any atom is -0.457 e. The summed E-state index contributed by atoms with van der Waals surface area (Å²) in [6.07, 6.45) is 1.51. The van der Waals surface area contributed by atoms with Crippen LogP contribution in [0.4, 0.5) is 5.69 Å². The van der Waals surface area contributed by atoms with Gasteiger partial charge in [0.1, 0.15) is 6.61 Å². The van der Waals surface area contributed by atoms with Gasteiger partial charge in [-0.2, -0.15) is 0 Å². The van der Waals surface area contributed by atoms with Crippen LogP contribution in [-0.2, 0) is 15.9 Å². The maximum atomic E-state index is 12.4. The van der Waals surface area contributed by atoms with Crippen LogP contribution in [0.25, 0.3) is 0 Å². The Kier molecular flexibility index (Phi) is 7.44. The Bertz CT molecular complexity index is 817. The van der Waals surface area contributed by atoms with E-state index in [0.717, 1.165) is 12.3 Å². The van der Waals surface area contributed by atoms with Gasteiger partial charge in [0, 0.05) is 24.5 Å². The molecule has 0 aliphatic rings. The summed E-state index contributed by atoms with van der Waals surface area (Å²) in [7, 11) is -0.860. The van der Waals surface area contributed by atoms with Crippen LogP contribution in [0.1, 0.15) is 40.1 Å². The second kappa shape index (κ2) is 9.78. The van der Waals surface area contributed by atoms with Crippen LogP contribution in [0.15, 0.2) is 48.5 Å². The standard InChI is InChI=1S/C19H20NO6P/c1-3-27(4-2)26-19(22)17-8-6-5-7-16(17)18(21)25-13-14-9-11-15(12-10-14)20(23)24/h5-12H,3-4,13H2,1-2H3. The van der Waals surface area contributed by atoms with Crippen LogP contribution in [0.5, 0.6) is 0 Å². The predicted molar refractivity (Wildman–Crippen MR) is 102 cm³/mol. The van der Waals surface area contributed by atoms with Crippen LogP contribution in [-0.4, -0.2) is 29.2 Å². The van der Waals surface area contributed by atoms with Gasteiger partial charge in [-0.15, -0.1) is 0 Å². The van der Waals surface area contributed by atoms with E-state index < -0.39 is 25.0 Å². The van der Waals surface area contributed by atoms with E-state index in [1.807, 2.05) is 13.8 Å². The second-order valence-corrected chi connectivity index (χ2v) is 7.95. The zero-order valence-corrected chi connectivity index (χ0v) is 16.0. The van der Waals surface area contributed by atoms with Crippen LogP contribution in [0, 0.1) is 10.1 Å². The first kappa shape index (κ1) is 20.5. The van der Waals surface area contributed by atoms with Crippen molar-refractivity contribution in [2.45, 2.75) is 20.5 Å². The Morgan fingerprint density at radius 3 is 2.04 bits per heavy atom. The van der Waals surface area contributed by atoms with Crippen molar-refractivity contribution in [2.75, 3.05) is 12.3 Å². The summed E-state index contributed by atoms with van der Waals surface area (Å²) in [6, 6.07) is 12.0. The molecule has 2 aromatic rings. The highest BCUT2D eigenvalue weighted by molar-refractivity contribution is 7.53. The Morgan fingerprint density at radius 2 is 1.52 bits per heavy atom. The lowest BCUT2D eigenvalue weighted by molar-refractivity contribution is -0.384. The highest BCUT2D eigenvalue weighted by Gasteiger charge is 2.21. The van der Waals surface area contributed by atoms with Gasteiger partial charge in [-0.1, -0.05) is 26.0 Å². The monoisotopic (exact) mass is 389 g/mol. The average Bonchev–Trinajstić information content (AvgIpc) is 2.70. The number of benzene rings is 2. The number of hydrogen-bond acceptors (Lipinski definition) is 6. The quantitative estimate of drug-likeness (QED) is 0.285. The smallest absolute Gasteiger partial charge is 0.341 e. The Balaban J connectivity index is 2.08. The van der Waals surface area contributed by atoms with Gasteiger partial charge in [-0.3, -0.25) is 10.1 Å². The van der Waals surface area contributed by atoms with E-state index in [9.17, 15) is 19.7 Å². The summed E-state index contributed by atoms with van der Waals surface area (Å²) in [4.78, 5) is 35.0. The van der Waals surface area contributed by atoms with Gasteiger partial charge in [0.2, 0.25) is 0 Å². The van der Waals surface area contributed by atoms with Crippen molar-refractivity contribution in [3.05, 3.63) is 75.3 Å². The summed E-state index contributed by atoms with van der Waals surface area (Å²) in [6.45, 7) is 3.84. The van der Waals surface area contributed by atoms with Crippen LogP contribution in [0.3, 0.4) is 0 Å². The SMILES string of the molecule is CCP(CC)OC(=O)c1ccccc1C(=O)OCc1ccc([N+](=O)[O-])cc1.